The lowest BCUT2D eigenvalue weighted by molar-refractivity contribution is -0.142. The highest BCUT2D eigenvalue weighted by Crippen LogP contribution is 2.22. The average Bonchev–Trinajstić information content (AvgIpc) is 3.98. The van der Waals surface area contributed by atoms with Gasteiger partial charge in [-0.2, -0.15) is 11.8 Å². The molecule has 2 aliphatic heterocycles. The number of carbonyl (C=O) groups is 8. The zero-order valence-electron chi connectivity index (χ0n) is 37.6. The van der Waals surface area contributed by atoms with E-state index in [0.29, 0.717) is 50.0 Å². The number of nitrogens with two attached hydrogens (primary N) is 2. The van der Waals surface area contributed by atoms with Crippen molar-refractivity contribution in [2.75, 3.05) is 31.2 Å². The molecule has 2 fully saturated rings. The lowest BCUT2D eigenvalue weighted by Gasteiger charge is -2.31. The number of benzene rings is 1. The van der Waals surface area contributed by atoms with Crippen LogP contribution in [0.2, 0.25) is 0 Å². The van der Waals surface area contributed by atoms with Gasteiger partial charge in [-0.15, -0.1) is 11.3 Å². The molecule has 0 aliphatic carbocycles. The van der Waals surface area contributed by atoms with Crippen LogP contribution in [0.3, 0.4) is 0 Å². The highest BCUT2D eigenvalue weighted by molar-refractivity contribution is 7.99. The van der Waals surface area contributed by atoms with Crippen LogP contribution in [0.4, 0.5) is 0 Å². The number of carbonyl (C=O) groups excluding carboxylic acids is 8. The molecule has 362 valence electrons. The van der Waals surface area contributed by atoms with Gasteiger partial charge in [0.15, 0.2) is 5.96 Å². The summed E-state index contributed by atoms with van der Waals surface area (Å²) in [4.78, 5) is 116. The molecule has 2 aliphatic rings. The molecule has 2 aromatic rings. The van der Waals surface area contributed by atoms with Gasteiger partial charge in [-0.1, -0.05) is 32.0 Å². The predicted molar refractivity (Wildman–Crippen MR) is 250 cm³/mol. The van der Waals surface area contributed by atoms with E-state index in [1.807, 2.05) is 5.38 Å². The number of aromatic hydroxyl groups is 1. The Hall–Kier alpha value is -5.74. The number of Topliss-reactive ketones (excluding diaryl/α,β-unsaturated/α-hetero) is 1. The number of thioether (sulfide) groups is 1. The van der Waals surface area contributed by atoms with Crippen molar-refractivity contribution in [3.63, 3.8) is 0 Å². The van der Waals surface area contributed by atoms with Crippen LogP contribution in [0.5, 0.6) is 5.75 Å². The number of aliphatic hydroxyl groups excluding tert-OH is 1. The lowest BCUT2D eigenvalue weighted by atomic mass is 10.0. The van der Waals surface area contributed by atoms with Crippen molar-refractivity contribution in [3.05, 3.63) is 52.2 Å². The van der Waals surface area contributed by atoms with E-state index in [1.165, 1.54) is 47.1 Å². The first-order chi connectivity index (χ1) is 31.4. The first kappa shape index (κ1) is 52.9. The van der Waals surface area contributed by atoms with Crippen molar-refractivity contribution in [3.8, 4) is 5.75 Å². The van der Waals surface area contributed by atoms with Gasteiger partial charge in [-0.25, -0.2) is 0 Å². The van der Waals surface area contributed by atoms with Gasteiger partial charge in [0.05, 0.1) is 12.6 Å². The fourth-order valence-corrected chi connectivity index (χ4v) is 9.27. The number of guanidine groups is 1. The number of amides is 7. The fourth-order valence-electron chi connectivity index (χ4n) is 7.54. The number of nitrogens with one attached hydrogen (secondary N) is 6. The van der Waals surface area contributed by atoms with E-state index in [4.69, 9.17) is 11.5 Å². The van der Waals surface area contributed by atoms with Gasteiger partial charge in [0.1, 0.15) is 47.8 Å². The molecule has 1 aromatic carbocycles. The number of likely N-dealkylation sites (tertiary alicyclic amines) is 1. The summed E-state index contributed by atoms with van der Waals surface area (Å²) < 4.78 is 0. The number of hydrogen-bond donors (Lipinski definition) is 10. The molecule has 66 heavy (non-hydrogen) atoms. The number of rotatable bonds is 15. The average molecular weight is 957 g/mol. The number of nitrogens with zero attached hydrogens (tertiary/aromatic N) is 2. The minimum Gasteiger partial charge on any atom is -0.508 e. The van der Waals surface area contributed by atoms with Crippen LogP contribution < -0.4 is 43.4 Å². The SMILES string of the molecule is CC(=O)C[C@@H]1NC(=O)[C@H](C(C)C)NC(=O)[C@H](Cc2cccs2)NC(=O)[C@H](Cc2ccc(O)cc2)NC(=O)CCCSC[C@@H](C(=O)N2CCC[C@H]2C(=O)N[C@H](CO)CCCN=C(N)N)NC1=O. The molecule has 0 unspecified atom stereocenters. The van der Waals surface area contributed by atoms with Gasteiger partial charge >= 0.3 is 0 Å². The number of ketones is 1. The van der Waals surface area contributed by atoms with E-state index >= 15 is 0 Å². The van der Waals surface area contributed by atoms with Crippen LogP contribution >= 0.6 is 23.1 Å². The van der Waals surface area contributed by atoms with Crippen LogP contribution in [0.25, 0.3) is 0 Å². The maximum Gasteiger partial charge on any atom is 0.246 e. The normalized spacial score (nSPS) is 23.3. The second kappa shape index (κ2) is 26.4. The highest BCUT2D eigenvalue weighted by Gasteiger charge is 2.40. The van der Waals surface area contributed by atoms with E-state index in [-0.39, 0.29) is 49.9 Å². The summed E-state index contributed by atoms with van der Waals surface area (Å²) in [6, 6.07) is 1.83. The molecule has 12 N–H and O–H groups in total. The van der Waals surface area contributed by atoms with Crippen molar-refractivity contribution in [2.45, 2.75) is 121 Å². The maximum absolute atomic E-state index is 14.4. The monoisotopic (exact) mass is 956 g/mol. The first-order valence-corrected chi connectivity index (χ1v) is 24.1. The Morgan fingerprint density at radius 3 is 2.23 bits per heavy atom. The molecule has 7 amide bonds. The van der Waals surface area contributed by atoms with E-state index in [0.717, 1.165) is 4.88 Å². The maximum atomic E-state index is 14.4. The van der Waals surface area contributed by atoms with Crippen molar-refractivity contribution < 1.29 is 48.6 Å². The van der Waals surface area contributed by atoms with Crippen molar-refractivity contribution in [1.82, 2.24) is 36.8 Å². The number of thiophene rings is 1. The smallest absolute Gasteiger partial charge is 0.246 e. The molecule has 20 nitrogen and oxygen atoms in total. The van der Waals surface area contributed by atoms with E-state index in [9.17, 15) is 48.6 Å². The molecule has 0 saturated carbocycles. The molecule has 1 aromatic heterocycles. The van der Waals surface area contributed by atoms with Crippen LogP contribution in [0, 0.1) is 5.92 Å². The minimum atomic E-state index is -1.47. The summed E-state index contributed by atoms with van der Waals surface area (Å²) in [5.74, 6) is -5.29. The van der Waals surface area contributed by atoms with E-state index in [2.05, 4.69) is 36.9 Å². The quantitative estimate of drug-likeness (QED) is 0.0604. The summed E-state index contributed by atoms with van der Waals surface area (Å²) in [6.07, 6.45) is 1.52. The van der Waals surface area contributed by atoms with Crippen LogP contribution in [-0.2, 0) is 51.2 Å². The third-order valence-corrected chi connectivity index (χ3v) is 13.1. The molecule has 0 radical (unpaired) electrons. The highest BCUT2D eigenvalue weighted by atomic mass is 32.2. The second-order valence-electron chi connectivity index (χ2n) is 16.8. The predicted octanol–water partition coefficient (Wildman–Crippen LogP) is -0.653. The summed E-state index contributed by atoms with van der Waals surface area (Å²) in [5.41, 5.74) is 11.4. The molecule has 7 atom stereocenters. The largest absolute Gasteiger partial charge is 0.508 e. The third-order valence-electron chi connectivity index (χ3n) is 11.0. The van der Waals surface area contributed by atoms with E-state index in [1.54, 1.807) is 38.1 Å². The van der Waals surface area contributed by atoms with Crippen molar-refractivity contribution >= 4 is 76.2 Å². The standard InChI is InChI=1S/C44H64N10O10S2/c1-25(2)37-42(63)51-31(20-26(3)56)38(59)52-34(43(64)54-17-5-10-35(54)41(62)48-28(23-55)8-4-16-47-44(45)46)24-65-18-7-11-36(58)49-32(21-27-12-14-29(57)15-13-27)39(60)50-33(40(61)53-37)22-30-9-6-19-66-30/h6,9,12-15,19,25,28,31-35,37,55,57H,4-5,7-8,10-11,16-18,20-24H2,1-3H3,(H,48,62)(H,49,58)(H,50,60)(H,51,63)(H,52,59)(H,53,61)(H4,45,46,47)/t28-,31-,32-,33-,34-,35-,37-/m0/s1. The lowest BCUT2D eigenvalue weighted by Crippen LogP contribution is -2.61. The van der Waals surface area contributed by atoms with Crippen LogP contribution in [-0.4, -0.2) is 142 Å². The van der Waals surface area contributed by atoms with E-state index < -0.39 is 102 Å². The molecular formula is C44H64N10O10S2. The van der Waals surface area contributed by atoms with Crippen LogP contribution in [0.15, 0.2) is 46.8 Å². The third kappa shape index (κ3) is 16.9. The number of aliphatic hydroxyl groups is 1. The molecule has 3 heterocycles. The number of hydrogen-bond acceptors (Lipinski definition) is 13. The zero-order chi connectivity index (χ0) is 48.3. The minimum absolute atomic E-state index is 0.00991. The van der Waals surface area contributed by atoms with Gasteiger partial charge in [0.2, 0.25) is 41.4 Å². The summed E-state index contributed by atoms with van der Waals surface area (Å²) in [7, 11) is 0. The number of phenolic OH excluding ortho intramolecular Hbond substituents is 1. The Bertz CT molecular complexity index is 2020. The molecule has 2 saturated heterocycles. The van der Waals surface area contributed by atoms with Gasteiger partial charge in [0, 0.05) is 49.4 Å². The Morgan fingerprint density at radius 2 is 1.58 bits per heavy atom. The van der Waals surface area contributed by atoms with Gasteiger partial charge in [0.25, 0.3) is 0 Å². The topological polar surface area (TPSA) is 317 Å². The molecule has 0 spiro atoms. The van der Waals surface area contributed by atoms with Crippen LogP contribution in [0.1, 0.15) is 76.2 Å². The Balaban J connectivity index is 1.63. The van der Waals surface area contributed by atoms with Gasteiger partial charge in [-0.3, -0.25) is 43.3 Å². The van der Waals surface area contributed by atoms with Crippen molar-refractivity contribution in [1.29, 1.82) is 0 Å². The molecular weight excluding hydrogens is 893 g/mol. The first-order valence-electron chi connectivity index (χ1n) is 22.1. The van der Waals surface area contributed by atoms with Gasteiger partial charge in [-0.05, 0) is 79.8 Å². The van der Waals surface area contributed by atoms with Gasteiger partial charge < -0.3 is 58.5 Å². The second-order valence-corrected chi connectivity index (χ2v) is 19.0. The molecule has 22 heteroatoms. The summed E-state index contributed by atoms with van der Waals surface area (Å²) >= 11 is 2.62. The summed E-state index contributed by atoms with van der Waals surface area (Å²) in [5, 5.41) is 38.1. The Kier molecular flexibility index (Phi) is 21.2. The Labute approximate surface area is 392 Å². The summed E-state index contributed by atoms with van der Waals surface area (Å²) in [6.45, 7) is 4.70. The Morgan fingerprint density at radius 1 is 0.894 bits per heavy atom. The van der Waals surface area contributed by atoms with Crippen molar-refractivity contribution in [2.24, 2.45) is 22.4 Å². The fraction of sp³-hybridized carbons (Fsp3) is 0.568. The molecule has 4 rings (SSSR count). The number of phenols is 1. The molecule has 0 bridgehead atoms. The number of aliphatic imine (C=N–C) groups is 1. The zero-order valence-corrected chi connectivity index (χ0v) is 39.2.